The van der Waals surface area contributed by atoms with E-state index in [1.807, 2.05) is 43.4 Å². The molecule has 1 heterocycles. The zero-order chi connectivity index (χ0) is 21.6. The molecule has 1 saturated heterocycles. The molecule has 0 unspecified atom stereocenters. The molecular formula is C21H28ClN5O2S. The van der Waals surface area contributed by atoms with Crippen molar-refractivity contribution in [3.05, 3.63) is 64.7 Å². The Kier molecular flexibility index (Phi) is 7.71. The summed E-state index contributed by atoms with van der Waals surface area (Å²) < 4.78 is 27.9. The van der Waals surface area contributed by atoms with Gasteiger partial charge in [-0.15, -0.1) is 0 Å². The molecule has 7 nitrogen and oxygen atoms in total. The molecule has 0 aliphatic carbocycles. The minimum atomic E-state index is -3.54. The number of rotatable bonds is 6. The number of hydrogen-bond donors (Lipinski definition) is 2. The highest BCUT2D eigenvalue weighted by Crippen LogP contribution is 2.21. The van der Waals surface area contributed by atoms with Crippen molar-refractivity contribution in [2.75, 3.05) is 40.3 Å². The fourth-order valence-corrected chi connectivity index (χ4v) is 5.03. The molecule has 9 heteroatoms. The summed E-state index contributed by atoms with van der Waals surface area (Å²) in [5, 5.41) is 7.14. The number of halogens is 1. The fraction of sp³-hybridized carbons (Fsp3) is 0.381. The average Bonchev–Trinajstić information content (AvgIpc) is 2.75. The Balaban J connectivity index is 1.66. The van der Waals surface area contributed by atoms with Crippen molar-refractivity contribution in [1.82, 2.24) is 19.8 Å². The van der Waals surface area contributed by atoms with Crippen LogP contribution in [0.25, 0.3) is 0 Å². The van der Waals surface area contributed by atoms with E-state index in [0.717, 1.165) is 18.7 Å². The van der Waals surface area contributed by atoms with Crippen LogP contribution in [0.3, 0.4) is 0 Å². The van der Waals surface area contributed by atoms with Gasteiger partial charge in [0.15, 0.2) is 5.96 Å². The number of guanidine groups is 1. The lowest BCUT2D eigenvalue weighted by atomic mass is 10.2. The van der Waals surface area contributed by atoms with Gasteiger partial charge in [0.1, 0.15) is 0 Å². The van der Waals surface area contributed by atoms with E-state index in [-0.39, 0.29) is 0 Å². The quantitative estimate of drug-likeness (QED) is 0.522. The minimum absolute atomic E-state index is 0.343. The molecule has 1 aliphatic rings. The largest absolute Gasteiger partial charge is 0.352 e. The fourth-order valence-electron chi connectivity index (χ4n) is 3.26. The number of piperazine rings is 1. The van der Waals surface area contributed by atoms with Gasteiger partial charge in [-0.2, -0.15) is 4.31 Å². The Morgan fingerprint density at radius 2 is 1.63 bits per heavy atom. The third-order valence-electron chi connectivity index (χ3n) is 5.10. The van der Waals surface area contributed by atoms with Gasteiger partial charge in [0, 0.05) is 51.3 Å². The molecule has 1 fully saturated rings. The maximum absolute atomic E-state index is 13.2. The van der Waals surface area contributed by atoms with Crippen LogP contribution in [0.4, 0.5) is 0 Å². The highest BCUT2D eigenvalue weighted by Gasteiger charge is 2.29. The maximum atomic E-state index is 13.2. The van der Waals surface area contributed by atoms with Gasteiger partial charge in [-0.25, -0.2) is 8.42 Å². The van der Waals surface area contributed by atoms with Crippen LogP contribution >= 0.6 is 11.6 Å². The number of aliphatic imine (C=N–C) groups is 1. The minimum Gasteiger partial charge on any atom is -0.352 e. The molecule has 30 heavy (non-hydrogen) atoms. The lowest BCUT2D eigenvalue weighted by Crippen LogP contribution is -2.47. The normalized spacial score (nSPS) is 16.4. The van der Waals surface area contributed by atoms with Crippen molar-refractivity contribution in [3.63, 3.8) is 0 Å². The monoisotopic (exact) mass is 449 g/mol. The van der Waals surface area contributed by atoms with Crippen LogP contribution in [0.5, 0.6) is 0 Å². The number of benzene rings is 2. The number of nitrogens with zero attached hydrogens (tertiary/aromatic N) is 3. The lowest BCUT2D eigenvalue weighted by Gasteiger charge is -2.32. The standard InChI is InChI=1S/C21H28ClN5O2S/c1-23-21(24-15-17-7-9-19(22)10-8-17)25-16-18-5-3-4-6-20(18)30(28,29)27-13-11-26(2)12-14-27/h3-10H,11-16H2,1-2H3,(H2,23,24,25). The highest BCUT2D eigenvalue weighted by atomic mass is 35.5. The summed E-state index contributed by atoms with van der Waals surface area (Å²) in [6.07, 6.45) is 0. The molecule has 162 valence electrons. The van der Waals surface area contributed by atoms with E-state index in [1.54, 1.807) is 23.5 Å². The number of hydrogen-bond acceptors (Lipinski definition) is 4. The summed E-state index contributed by atoms with van der Waals surface area (Å²) >= 11 is 5.92. The Morgan fingerprint density at radius 3 is 2.30 bits per heavy atom. The van der Waals surface area contributed by atoms with Gasteiger partial charge in [0.25, 0.3) is 0 Å². The second-order valence-corrected chi connectivity index (χ2v) is 9.56. The predicted octanol–water partition coefficient (Wildman–Crippen LogP) is 2.14. The Labute approximate surface area is 183 Å². The molecule has 3 rings (SSSR count). The van der Waals surface area contributed by atoms with Crippen LogP contribution in [0, 0.1) is 0 Å². The van der Waals surface area contributed by atoms with Crippen molar-refractivity contribution in [2.45, 2.75) is 18.0 Å². The van der Waals surface area contributed by atoms with E-state index >= 15 is 0 Å². The van der Waals surface area contributed by atoms with E-state index in [4.69, 9.17) is 11.6 Å². The van der Waals surface area contributed by atoms with Crippen LogP contribution in [-0.2, 0) is 23.1 Å². The zero-order valence-electron chi connectivity index (χ0n) is 17.3. The van der Waals surface area contributed by atoms with Crippen LogP contribution in [0.15, 0.2) is 58.4 Å². The smallest absolute Gasteiger partial charge is 0.243 e. The van der Waals surface area contributed by atoms with E-state index in [2.05, 4.69) is 20.5 Å². The summed E-state index contributed by atoms with van der Waals surface area (Å²) in [7, 11) is 0.153. The second kappa shape index (κ2) is 10.3. The van der Waals surface area contributed by atoms with E-state index in [9.17, 15) is 8.42 Å². The van der Waals surface area contributed by atoms with Gasteiger partial charge in [0.2, 0.25) is 10.0 Å². The van der Waals surface area contributed by atoms with E-state index < -0.39 is 10.0 Å². The molecule has 0 radical (unpaired) electrons. The first kappa shape index (κ1) is 22.6. The summed E-state index contributed by atoms with van der Waals surface area (Å²) in [6, 6.07) is 14.7. The molecule has 2 aromatic carbocycles. The third-order valence-corrected chi connectivity index (χ3v) is 7.35. The summed E-state index contributed by atoms with van der Waals surface area (Å²) in [4.78, 5) is 6.71. The summed E-state index contributed by atoms with van der Waals surface area (Å²) in [6.45, 7) is 3.42. The Bertz CT molecular complexity index is 971. The molecular weight excluding hydrogens is 422 g/mol. The molecule has 2 N–H and O–H groups in total. The molecule has 0 saturated carbocycles. The molecule has 0 bridgehead atoms. The van der Waals surface area contributed by atoms with Crippen LogP contribution in [0.2, 0.25) is 5.02 Å². The zero-order valence-corrected chi connectivity index (χ0v) is 18.9. The van der Waals surface area contributed by atoms with E-state index in [0.29, 0.717) is 47.6 Å². The average molecular weight is 450 g/mol. The van der Waals surface area contributed by atoms with Crippen LogP contribution in [0.1, 0.15) is 11.1 Å². The first-order valence-electron chi connectivity index (χ1n) is 9.85. The SMILES string of the molecule is CN=C(NCc1ccc(Cl)cc1)NCc1ccccc1S(=O)(=O)N1CCN(C)CC1. The third kappa shape index (κ3) is 5.72. The van der Waals surface area contributed by atoms with Crippen molar-refractivity contribution >= 4 is 27.6 Å². The van der Waals surface area contributed by atoms with Crippen molar-refractivity contribution in [3.8, 4) is 0 Å². The maximum Gasteiger partial charge on any atom is 0.243 e. The molecule has 0 amide bonds. The van der Waals surface area contributed by atoms with Gasteiger partial charge in [-0.3, -0.25) is 4.99 Å². The predicted molar refractivity (Wildman–Crippen MR) is 121 cm³/mol. The number of sulfonamides is 1. The molecule has 0 aromatic heterocycles. The topological polar surface area (TPSA) is 77.0 Å². The van der Waals surface area contributed by atoms with Gasteiger partial charge >= 0.3 is 0 Å². The van der Waals surface area contributed by atoms with Gasteiger partial charge < -0.3 is 15.5 Å². The van der Waals surface area contributed by atoms with Crippen LogP contribution in [-0.4, -0.2) is 63.9 Å². The van der Waals surface area contributed by atoms with Gasteiger partial charge in [0.05, 0.1) is 4.90 Å². The highest BCUT2D eigenvalue weighted by molar-refractivity contribution is 7.89. The first-order valence-corrected chi connectivity index (χ1v) is 11.7. The van der Waals surface area contributed by atoms with Crippen molar-refractivity contribution in [2.24, 2.45) is 4.99 Å². The Morgan fingerprint density at radius 1 is 1.00 bits per heavy atom. The van der Waals surface area contributed by atoms with Gasteiger partial charge in [-0.05, 0) is 36.4 Å². The van der Waals surface area contributed by atoms with Gasteiger partial charge in [-0.1, -0.05) is 41.9 Å². The van der Waals surface area contributed by atoms with Crippen LogP contribution < -0.4 is 10.6 Å². The molecule has 2 aromatic rings. The second-order valence-electron chi connectivity index (χ2n) is 7.22. The molecule has 0 spiro atoms. The first-order chi connectivity index (χ1) is 14.4. The molecule has 1 aliphatic heterocycles. The Hall–Kier alpha value is -2.13. The van der Waals surface area contributed by atoms with E-state index in [1.165, 1.54) is 0 Å². The lowest BCUT2D eigenvalue weighted by molar-refractivity contribution is 0.222. The van der Waals surface area contributed by atoms with Crippen molar-refractivity contribution < 1.29 is 8.42 Å². The molecule has 0 atom stereocenters. The number of likely N-dealkylation sites (N-methyl/N-ethyl adjacent to an activating group) is 1. The van der Waals surface area contributed by atoms with Crippen molar-refractivity contribution in [1.29, 1.82) is 0 Å². The number of nitrogens with one attached hydrogen (secondary N) is 2. The summed E-state index contributed by atoms with van der Waals surface area (Å²) in [5.74, 6) is 0.594. The summed E-state index contributed by atoms with van der Waals surface area (Å²) in [5.41, 5.74) is 1.78.